The second-order valence-electron chi connectivity index (χ2n) is 5.97. The molecule has 0 aliphatic carbocycles. The van der Waals surface area contributed by atoms with E-state index in [1.54, 1.807) is 0 Å². The molecule has 0 aliphatic rings. The second kappa shape index (κ2) is 7.08. The maximum atomic E-state index is 4.44. The molecule has 0 saturated carbocycles. The van der Waals surface area contributed by atoms with Crippen molar-refractivity contribution < 1.29 is 0 Å². The molecule has 1 aromatic heterocycles. The highest BCUT2D eigenvalue weighted by Crippen LogP contribution is 2.25. The lowest BCUT2D eigenvalue weighted by atomic mass is 10.0. The zero-order valence-corrected chi connectivity index (χ0v) is 15.2. The average molecular weight is 389 g/mol. The zero-order valence-electron chi connectivity index (χ0n) is 13.6. The fraction of sp³-hybridized carbons (Fsp3) is 0.0455. The normalized spacial score (nSPS) is 10.8. The number of halogens is 1. The van der Waals surface area contributed by atoms with Gasteiger partial charge in [0, 0.05) is 17.2 Å². The van der Waals surface area contributed by atoms with E-state index in [0.717, 1.165) is 16.8 Å². The van der Waals surface area contributed by atoms with Gasteiger partial charge in [-0.25, -0.2) is 4.98 Å². The van der Waals surface area contributed by atoms with Crippen molar-refractivity contribution in [2.24, 2.45) is 0 Å². The quantitative estimate of drug-likeness (QED) is 0.445. The Kier molecular flexibility index (Phi) is 4.49. The third-order valence-electron chi connectivity index (χ3n) is 4.23. The van der Waals surface area contributed by atoms with Gasteiger partial charge in [-0.1, -0.05) is 64.5 Å². The Morgan fingerprint density at radius 3 is 2.36 bits per heavy atom. The highest BCUT2D eigenvalue weighted by atomic mass is 79.9. The first-order valence-corrected chi connectivity index (χ1v) is 9.01. The van der Waals surface area contributed by atoms with Crippen molar-refractivity contribution in [3.63, 3.8) is 0 Å². The van der Waals surface area contributed by atoms with Gasteiger partial charge in [-0.3, -0.25) is 0 Å². The van der Waals surface area contributed by atoms with Crippen LogP contribution in [0.5, 0.6) is 0 Å². The number of anilines is 1. The number of rotatable bonds is 4. The van der Waals surface area contributed by atoms with Gasteiger partial charge in [0.1, 0.15) is 5.82 Å². The SMILES string of the molecule is Brc1ccc(CNc2cc(-c3ccc4ccccc4c3)ccn2)cc1. The first-order valence-electron chi connectivity index (χ1n) is 8.21. The summed E-state index contributed by atoms with van der Waals surface area (Å²) in [6.45, 7) is 0.751. The lowest BCUT2D eigenvalue weighted by molar-refractivity contribution is 1.11. The minimum Gasteiger partial charge on any atom is -0.366 e. The second-order valence-corrected chi connectivity index (χ2v) is 6.89. The van der Waals surface area contributed by atoms with Crippen LogP contribution >= 0.6 is 15.9 Å². The number of aromatic nitrogens is 1. The van der Waals surface area contributed by atoms with Crippen LogP contribution in [0.15, 0.2) is 89.5 Å². The topological polar surface area (TPSA) is 24.9 Å². The van der Waals surface area contributed by atoms with Crippen LogP contribution in [0.25, 0.3) is 21.9 Å². The Bertz CT molecular complexity index is 1010. The summed E-state index contributed by atoms with van der Waals surface area (Å²) < 4.78 is 1.09. The number of hydrogen-bond donors (Lipinski definition) is 1. The van der Waals surface area contributed by atoms with Gasteiger partial charge in [-0.2, -0.15) is 0 Å². The molecule has 0 aliphatic heterocycles. The lowest BCUT2D eigenvalue weighted by Gasteiger charge is -2.09. The number of benzene rings is 3. The summed E-state index contributed by atoms with van der Waals surface area (Å²) in [7, 11) is 0. The van der Waals surface area contributed by atoms with E-state index in [-0.39, 0.29) is 0 Å². The van der Waals surface area contributed by atoms with Gasteiger partial charge < -0.3 is 5.32 Å². The van der Waals surface area contributed by atoms with Crippen LogP contribution in [0.4, 0.5) is 5.82 Å². The number of pyridine rings is 1. The zero-order chi connectivity index (χ0) is 17.1. The van der Waals surface area contributed by atoms with E-state index < -0.39 is 0 Å². The van der Waals surface area contributed by atoms with Crippen LogP contribution in [-0.2, 0) is 6.54 Å². The fourth-order valence-corrected chi connectivity index (χ4v) is 3.13. The largest absolute Gasteiger partial charge is 0.366 e. The third kappa shape index (κ3) is 3.72. The summed E-state index contributed by atoms with van der Waals surface area (Å²) >= 11 is 3.46. The molecular weight excluding hydrogens is 372 g/mol. The van der Waals surface area contributed by atoms with Crippen molar-refractivity contribution in [3.05, 3.63) is 95.1 Å². The van der Waals surface area contributed by atoms with Gasteiger partial charge >= 0.3 is 0 Å². The van der Waals surface area contributed by atoms with Crippen LogP contribution in [0, 0.1) is 0 Å². The molecule has 0 atom stereocenters. The lowest BCUT2D eigenvalue weighted by Crippen LogP contribution is -2.01. The summed E-state index contributed by atoms with van der Waals surface area (Å²) in [6, 6.07) is 27.4. The standard InChI is InChI=1S/C22H17BrN2/c23-21-9-5-16(6-10-21)15-25-22-14-20(11-12-24-22)19-8-7-17-3-1-2-4-18(17)13-19/h1-14H,15H2,(H,24,25). The molecular formula is C22H17BrN2. The van der Waals surface area contributed by atoms with Gasteiger partial charge in [0.05, 0.1) is 0 Å². The van der Waals surface area contributed by atoms with Crippen molar-refractivity contribution >= 4 is 32.5 Å². The maximum absolute atomic E-state index is 4.44. The van der Waals surface area contributed by atoms with Gasteiger partial charge in [0.15, 0.2) is 0 Å². The first-order chi connectivity index (χ1) is 12.3. The molecule has 4 rings (SSSR count). The molecule has 0 bridgehead atoms. The van der Waals surface area contributed by atoms with Crippen LogP contribution in [0.1, 0.15) is 5.56 Å². The number of nitrogens with one attached hydrogen (secondary N) is 1. The summed E-state index contributed by atoms with van der Waals surface area (Å²) in [5, 5.41) is 5.91. The summed E-state index contributed by atoms with van der Waals surface area (Å²) in [5.74, 6) is 0.883. The Hall–Kier alpha value is -2.65. The van der Waals surface area contributed by atoms with Crippen LogP contribution < -0.4 is 5.32 Å². The smallest absolute Gasteiger partial charge is 0.126 e. The van der Waals surface area contributed by atoms with Gasteiger partial charge in [0.25, 0.3) is 0 Å². The molecule has 3 heteroatoms. The highest BCUT2D eigenvalue weighted by Gasteiger charge is 2.02. The average Bonchev–Trinajstić information content (AvgIpc) is 2.67. The van der Waals surface area contributed by atoms with E-state index >= 15 is 0 Å². The van der Waals surface area contributed by atoms with Crippen molar-refractivity contribution in [2.45, 2.75) is 6.54 Å². The Labute approximate surface area is 155 Å². The summed E-state index contributed by atoms with van der Waals surface area (Å²) in [4.78, 5) is 4.44. The highest BCUT2D eigenvalue weighted by molar-refractivity contribution is 9.10. The molecule has 0 amide bonds. The van der Waals surface area contributed by atoms with Crippen molar-refractivity contribution in [1.82, 2.24) is 4.98 Å². The van der Waals surface area contributed by atoms with E-state index in [2.05, 4.69) is 105 Å². The Balaban J connectivity index is 1.56. The molecule has 1 N–H and O–H groups in total. The maximum Gasteiger partial charge on any atom is 0.126 e. The third-order valence-corrected chi connectivity index (χ3v) is 4.76. The van der Waals surface area contributed by atoms with Crippen molar-refractivity contribution in [2.75, 3.05) is 5.32 Å². The predicted molar refractivity (Wildman–Crippen MR) is 109 cm³/mol. The van der Waals surface area contributed by atoms with Gasteiger partial charge in [-0.15, -0.1) is 0 Å². The van der Waals surface area contributed by atoms with E-state index in [0.29, 0.717) is 0 Å². The first kappa shape index (κ1) is 15.9. The fourth-order valence-electron chi connectivity index (χ4n) is 2.87. The molecule has 122 valence electrons. The monoisotopic (exact) mass is 388 g/mol. The van der Waals surface area contributed by atoms with E-state index in [1.165, 1.54) is 27.5 Å². The van der Waals surface area contributed by atoms with Gasteiger partial charge in [-0.05, 0) is 57.8 Å². The van der Waals surface area contributed by atoms with E-state index in [1.807, 2.05) is 6.20 Å². The molecule has 0 fully saturated rings. The number of nitrogens with zero attached hydrogens (tertiary/aromatic N) is 1. The minimum atomic E-state index is 0.751. The minimum absolute atomic E-state index is 0.751. The molecule has 0 saturated heterocycles. The molecule has 4 aromatic rings. The summed E-state index contributed by atoms with van der Waals surface area (Å²) in [6.07, 6.45) is 1.86. The van der Waals surface area contributed by atoms with Crippen LogP contribution in [0.2, 0.25) is 0 Å². The molecule has 0 unspecified atom stereocenters. The molecule has 2 nitrogen and oxygen atoms in total. The molecule has 25 heavy (non-hydrogen) atoms. The molecule has 1 heterocycles. The molecule has 0 radical (unpaired) electrons. The molecule has 3 aromatic carbocycles. The van der Waals surface area contributed by atoms with E-state index in [4.69, 9.17) is 0 Å². The Morgan fingerprint density at radius 2 is 1.52 bits per heavy atom. The van der Waals surface area contributed by atoms with Crippen LogP contribution in [0.3, 0.4) is 0 Å². The Morgan fingerprint density at radius 1 is 0.760 bits per heavy atom. The predicted octanol–water partition coefficient (Wildman–Crippen LogP) is 6.28. The number of hydrogen-bond acceptors (Lipinski definition) is 2. The number of fused-ring (bicyclic) bond motifs is 1. The van der Waals surface area contributed by atoms with Gasteiger partial charge in [0.2, 0.25) is 0 Å². The van der Waals surface area contributed by atoms with Crippen molar-refractivity contribution in [3.8, 4) is 11.1 Å². The van der Waals surface area contributed by atoms with Crippen LogP contribution in [-0.4, -0.2) is 4.98 Å². The van der Waals surface area contributed by atoms with Crippen molar-refractivity contribution in [1.29, 1.82) is 0 Å². The summed E-state index contributed by atoms with van der Waals surface area (Å²) in [5.41, 5.74) is 3.59. The van der Waals surface area contributed by atoms with E-state index in [9.17, 15) is 0 Å². The molecule has 0 spiro atoms.